The van der Waals surface area contributed by atoms with Crippen molar-refractivity contribution in [2.24, 2.45) is 0 Å². The molecule has 0 fully saturated rings. The minimum Gasteiger partial charge on any atom is -0.478 e. The number of esters is 2. The predicted octanol–water partition coefficient (Wildman–Crippen LogP) is 9.04. The Balaban J connectivity index is 2.32. The van der Waals surface area contributed by atoms with Crippen molar-refractivity contribution in [1.82, 2.24) is 0 Å². The summed E-state index contributed by atoms with van der Waals surface area (Å²) in [6.45, 7) is 4.42. The molecule has 0 spiro atoms. The SMILES string of the molecule is CCCCCCCCCCCC(=O)Oc1ccc(OC(=O)CCCCCCCCCCC)c(C(=O)O)c1. The highest BCUT2D eigenvalue weighted by Gasteiger charge is 2.17. The number of aromatic carboxylic acids is 1. The summed E-state index contributed by atoms with van der Waals surface area (Å²) in [5.74, 6) is -1.93. The van der Waals surface area contributed by atoms with Crippen molar-refractivity contribution >= 4 is 17.9 Å². The lowest BCUT2D eigenvalue weighted by atomic mass is 10.1. The Morgan fingerprint density at radius 1 is 0.595 bits per heavy atom. The van der Waals surface area contributed by atoms with E-state index in [9.17, 15) is 19.5 Å². The molecule has 0 aliphatic rings. The Morgan fingerprint density at radius 3 is 1.43 bits per heavy atom. The van der Waals surface area contributed by atoms with Crippen LogP contribution in [0, 0.1) is 0 Å². The lowest BCUT2D eigenvalue weighted by Gasteiger charge is -2.10. The average molecular weight is 519 g/mol. The zero-order chi connectivity index (χ0) is 27.1. The summed E-state index contributed by atoms with van der Waals surface area (Å²) in [5, 5.41) is 9.55. The van der Waals surface area contributed by atoms with Crippen molar-refractivity contribution < 1.29 is 29.0 Å². The minimum atomic E-state index is -1.23. The van der Waals surface area contributed by atoms with E-state index in [4.69, 9.17) is 9.47 Å². The lowest BCUT2D eigenvalue weighted by molar-refractivity contribution is -0.135. The van der Waals surface area contributed by atoms with Crippen LogP contribution in [0.5, 0.6) is 11.5 Å². The van der Waals surface area contributed by atoms with E-state index in [2.05, 4.69) is 13.8 Å². The fourth-order valence-electron chi connectivity index (χ4n) is 4.34. The maximum atomic E-state index is 12.2. The van der Waals surface area contributed by atoms with Crippen LogP contribution in [-0.4, -0.2) is 23.0 Å². The minimum absolute atomic E-state index is 0.0211. The third-order valence-electron chi connectivity index (χ3n) is 6.61. The number of hydrogen-bond donors (Lipinski definition) is 1. The van der Waals surface area contributed by atoms with Crippen molar-refractivity contribution in [1.29, 1.82) is 0 Å². The molecular formula is C31H50O6. The zero-order valence-corrected chi connectivity index (χ0v) is 23.4. The van der Waals surface area contributed by atoms with E-state index in [1.165, 1.54) is 95.2 Å². The molecule has 1 aromatic carbocycles. The standard InChI is InChI=1S/C31H50O6/c1-3-5-7-9-11-13-15-17-19-21-29(32)36-26-23-24-28(27(25-26)31(34)35)37-30(33)22-20-18-16-14-12-10-8-6-4-2/h23-25H,3-22H2,1-2H3,(H,34,35). The Bertz CT molecular complexity index is 773. The molecule has 0 heterocycles. The molecule has 0 amide bonds. The number of ether oxygens (including phenoxy) is 2. The van der Waals surface area contributed by atoms with Crippen LogP contribution in [0.2, 0.25) is 0 Å². The Labute approximate surface area is 224 Å². The van der Waals surface area contributed by atoms with E-state index in [1.54, 1.807) is 0 Å². The monoisotopic (exact) mass is 518 g/mol. The number of carbonyl (C=O) groups is 3. The van der Waals surface area contributed by atoms with Gasteiger partial charge in [-0.1, -0.05) is 117 Å². The summed E-state index contributed by atoms with van der Waals surface area (Å²) < 4.78 is 10.6. The van der Waals surface area contributed by atoms with Gasteiger partial charge in [-0.05, 0) is 31.0 Å². The van der Waals surface area contributed by atoms with Gasteiger partial charge in [0.05, 0.1) is 0 Å². The second kappa shape index (κ2) is 21.7. The van der Waals surface area contributed by atoms with E-state index in [1.807, 2.05) is 0 Å². The van der Waals surface area contributed by atoms with E-state index < -0.39 is 11.9 Å². The van der Waals surface area contributed by atoms with Gasteiger partial charge in [0.1, 0.15) is 17.1 Å². The average Bonchev–Trinajstić information content (AvgIpc) is 2.87. The van der Waals surface area contributed by atoms with Crippen LogP contribution in [0.1, 0.15) is 153 Å². The molecule has 0 saturated heterocycles. The maximum absolute atomic E-state index is 12.2. The number of unbranched alkanes of at least 4 members (excludes halogenated alkanes) is 16. The molecule has 0 saturated carbocycles. The second-order valence-electron chi connectivity index (χ2n) is 10.1. The molecular weight excluding hydrogens is 468 g/mol. The number of rotatable bonds is 23. The van der Waals surface area contributed by atoms with Gasteiger partial charge < -0.3 is 14.6 Å². The summed E-state index contributed by atoms with van der Waals surface area (Å²) in [6.07, 6.45) is 21.3. The fraction of sp³-hybridized carbons (Fsp3) is 0.710. The molecule has 6 nitrogen and oxygen atoms in total. The van der Waals surface area contributed by atoms with Crippen LogP contribution >= 0.6 is 0 Å². The third-order valence-corrected chi connectivity index (χ3v) is 6.61. The number of carboxylic acid groups (broad SMARTS) is 1. The smallest absolute Gasteiger partial charge is 0.339 e. The van der Waals surface area contributed by atoms with Gasteiger partial charge in [0.15, 0.2) is 0 Å². The molecule has 0 bridgehead atoms. The number of carbonyl (C=O) groups excluding carboxylic acids is 2. The normalized spacial score (nSPS) is 10.9. The van der Waals surface area contributed by atoms with Crippen LogP contribution in [0.4, 0.5) is 0 Å². The molecule has 1 rings (SSSR count). The zero-order valence-electron chi connectivity index (χ0n) is 23.4. The Morgan fingerprint density at radius 2 is 1.00 bits per heavy atom. The highest BCUT2D eigenvalue weighted by molar-refractivity contribution is 5.92. The van der Waals surface area contributed by atoms with Crippen molar-refractivity contribution in [3.05, 3.63) is 23.8 Å². The lowest BCUT2D eigenvalue weighted by Crippen LogP contribution is -2.12. The molecule has 0 atom stereocenters. The molecule has 0 unspecified atom stereocenters. The Hall–Kier alpha value is -2.37. The van der Waals surface area contributed by atoms with E-state index >= 15 is 0 Å². The van der Waals surface area contributed by atoms with Gasteiger partial charge in [-0.2, -0.15) is 0 Å². The van der Waals surface area contributed by atoms with Gasteiger partial charge in [-0.3, -0.25) is 9.59 Å². The highest BCUT2D eigenvalue weighted by atomic mass is 16.5. The molecule has 37 heavy (non-hydrogen) atoms. The van der Waals surface area contributed by atoms with Crippen LogP contribution in [0.25, 0.3) is 0 Å². The van der Waals surface area contributed by atoms with Gasteiger partial charge >= 0.3 is 17.9 Å². The van der Waals surface area contributed by atoms with Crippen molar-refractivity contribution in [3.63, 3.8) is 0 Å². The quantitative estimate of drug-likeness (QED) is 0.0883. The molecule has 6 heteroatoms. The first kappa shape index (κ1) is 32.7. The van der Waals surface area contributed by atoms with Gasteiger partial charge in [0, 0.05) is 12.8 Å². The highest BCUT2D eigenvalue weighted by Crippen LogP contribution is 2.26. The van der Waals surface area contributed by atoms with Gasteiger partial charge in [-0.25, -0.2) is 4.79 Å². The largest absolute Gasteiger partial charge is 0.478 e. The Kier molecular flexibility index (Phi) is 19.1. The third kappa shape index (κ3) is 16.9. The van der Waals surface area contributed by atoms with Crippen LogP contribution in [0.15, 0.2) is 18.2 Å². The summed E-state index contributed by atoms with van der Waals surface area (Å²) in [7, 11) is 0. The van der Waals surface area contributed by atoms with Gasteiger partial charge in [0.25, 0.3) is 0 Å². The van der Waals surface area contributed by atoms with Gasteiger partial charge in [-0.15, -0.1) is 0 Å². The molecule has 0 aliphatic carbocycles. The number of carboxylic acids is 1. The van der Waals surface area contributed by atoms with E-state index in [0.717, 1.165) is 38.5 Å². The first-order valence-electron chi connectivity index (χ1n) is 14.8. The van der Waals surface area contributed by atoms with E-state index in [0.29, 0.717) is 6.42 Å². The molecule has 1 N–H and O–H groups in total. The predicted molar refractivity (Wildman–Crippen MR) is 148 cm³/mol. The molecule has 1 aromatic rings. The molecule has 0 aliphatic heterocycles. The first-order chi connectivity index (χ1) is 18.0. The topological polar surface area (TPSA) is 89.9 Å². The number of benzene rings is 1. The molecule has 0 radical (unpaired) electrons. The molecule has 0 aromatic heterocycles. The molecule has 210 valence electrons. The summed E-state index contributed by atoms with van der Waals surface area (Å²) in [4.78, 5) is 36.1. The van der Waals surface area contributed by atoms with Crippen LogP contribution < -0.4 is 9.47 Å². The summed E-state index contributed by atoms with van der Waals surface area (Å²) in [5.41, 5.74) is -0.186. The number of hydrogen-bond acceptors (Lipinski definition) is 5. The summed E-state index contributed by atoms with van der Waals surface area (Å²) >= 11 is 0. The van der Waals surface area contributed by atoms with Gasteiger partial charge in [0.2, 0.25) is 0 Å². The van der Waals surface area contributed by atoms with Crippen LogP contribution in [0.3, 0.4) is 0 Å². The second-order valence-corrected chi connectivity index (χ2v) is 10.1. The van der Waals surface area contributed by atoms with Crippen LogP contribution in [-0.2, 0) is 9.59 Å². The van der Waals surface area contributed by atoms with Crippen molar-refractivity contribution in [2.75, 3.05) is 0 Å². The summed E-state index contributed by atoms with van der Waals surface area (Å²) in [6, 6.07) is 4.11. The van der Waals surface area contributed by atoms with E-state index in [-0.39, 0.29) is 29.5 Å². The first-order valence-corrected chi connectivity index (χ1v) is 14.8. The van der Waals surface area contributed by atoms with Crippen molar-refractivity contribution in [2.45, 2.75) is 142 Å². The fourth-order valence-corrected chi connectivity index (χ4v) is 4.34. The van der Waals surface area contributed by atoms with Crippen molar-refractivity contribution in [3.8, 4) is 11.5 Å². The maximum Gasteiger partial charge on any atom is 0.339 e.